The zero-order valence-electron chi connectivity index (χ0n) is 13.6. The van der Waals surface area contributed by atoms with Crippen molar-refractivity contribution in [1.29, 1.82) is 0 Å². The first-order valence-corrected chi connectivity index (χ1v) is 7.92. The van der Waals surface area contributed by atoms with E-state index in [1.165, 1.54) is 0 Å². The molecule has 122 valence electrons. The van der Waals surface area contributed by atoms with Gasteiger partial charge in [0.05, 0.1) is 19.3 Å². The topological polar surface area (TPSA) is 61.8 Å². The van der Waals surface area contributed by atoms with Crippen LogP contribution in [0.5, 0.6) is 5.75 Å². The number of β-amino-alcohol motifs (C(OH)–C–C–N with tert-alkyl or cyclic N) is 1. The van der Waals surface area contributed by atoms with Gasteiger partial charge in [0.2, 0.25) is 0 Å². The number of methoxy groups -OCH3 is 1. The van der Waals surface area contributed by atoms with Crippen molar-refractivity contribution in [2.24, 2.45) is 5.92 Å². The smallest absolute Gasteiger partial charge is 0.317 e. The van der Waals surface area contributed by atoms with Gasteiger partial charge in [0.1, 0.15) is 5.75 Å². The van der Waals surface area contributed by atoms with Crippen molar-refractivity contribution in [3.63, 3.8) is 0 Å². The van der Waals surface area contributed by atoms with Crippen LogP contribution in [0.4, 0.5) is 4.79 Å². The van der Waals surface area contributed by atoms with Crippen LogP contribution in [0.25, 0.3) is 0 Å². The number of likely N-dealkylation sites (tertiary alicyclic amines) is 1. The lowest BCUT2D eigenvalue weighted by molar-refractivity contribution is 0.0429. The minimum absolute atomic E-state index is 0.0325. The fourth-order valence-electron chi connectivity index (χ4n) is 2.73. The molecule has 3 unspecified atom stereocenters. The normalized spacial score (nSPS) is 23.0. The summed E-state index contributed by atoms with van der Waals surface area (Å²) < 4.78 is 5.16. The number of benzene rings is 1. The highest BCUT2D eigenvalue weighted by molar-refractivity contribution is 5.75. The van der Waals surface area contributed by atoms with Crippen molar-refractivity contribution in [1.82, 2.24) is 10.2 Å². The number of hydrogen-bond donors (Lipinski definition) is 2. The molecule has 5 nitrogen and oxygen atoms in total. The van der Waals surface area contributed by atoms with E-state index in [2.05, 4.69) is 5.32 Å². The van der Waals surface area contributed by atoms with E-state index < -0.39 is 6.10 Å². The SMILES string of the molecule is CCC(NC(=O)N1CCC(C)C(O)C1)c1ccc(OC)cc1. The highest BCUT2D eigenvalue weighted by Gasteiger charge is 2.28. The van der Waals surface area contributed by atoms with Crippen LogP contribution < -0.4 is 10.1 Å². The summed E-state index contributed by atoms with van der Waals surface area (Å²) >= 11 is 0. The maximum atomic E-state index is 12.4. The van der Waals surface area contributed by atoms with Crippen LogP contribution in [0.1, 0.15) is 38.3 Å². The van der Waals surface area contributed by atoms with E-state index >= 15 is 0 Å². The summed E-state index contributed by atoms with van der Waals surface area (Å²) in [7, 11) is 1.64. The van der Waals surface area contributed by atoms with Crippen LogP contribution in [0.3, 0.4) is 0 Å². The minimum Gasteiger partial charge on any atom is -0.497 e. The number of nitrogens with zero attached hydrogens (tertiary/aromatic N) is 1. The molecule has 0 radical (unpaired) electrons. The summed E-state index contributed by atoms with van der Waals surface area (Å²) in [4.78, 5) is 14.1. The standard InChI is InChI=1S/C17H26N2O3/c1-4-15(13-5-7-14(22-3)8-6-13)18-17(21)19-10-9-12(2)16(20)11-19/h5-8,12,15-16,20H,4,9-11H2,1-3H3,(H,18,21). The van der Waals surface area contributed by atoms with E-state index in [-0.39, 0.29) is 18.0 Å². The Kier molecular flexibility index (Phi) is 5.66. The number of carbonyl (C=O) groups is 1. The number of rotatable bonds is 4. The summed E-state index contributed by atoms with van der Waals surface area (Å²) in [6, 6.07) is 7.61. The average Bonchev–Trinajstić information content (AvgIpc) is 2.55. The molecule has 2 amide bonds. The number of piperidine rings is 1. The number of nitrogens with one attached hydrogen (secondary N) is 1. The van der Waals surface area contributed by atoms with Crippen LogP contribution in [-0.2, 0) is 0 Å². The second-order valence-corrected chi connectivity index (χ2v) is 5.96. The number of aliphatic hydroxyl groups is 1. The zero-order chi connectivity index (χ0) is 16.1. The lowest BCUT2D eigenvalue weighted by Gasteiger charge is -2.35. The molecule has 1 saturated heterocycles. The Morgan fingerprint density at radius 3 is 2.68 bits per heavy atom. The van der Waals surface area contributed by atoms with Gasteiger partial charge in [-0.2, -0.15) is 0 Å². The molecule has 2 N–H and O–H groups in total. The molecular formula is C17H26N2O3. The van der Waals surface area contributed by atoms with Crippen molar-refractivity contribution in [2.75, 3.05) is 20.2 Å². The fourth-order valence-corrected chi connectivity index (χ4v) is 2.73. The molecular weight excluding hydrogens is 280 g/mol. The molecule has 1 aromatic rings. The number of urea groups is 1. The van der Waals surface area contributed by atoms with E-state index in [0.29, 0.717) is 13.1 Å². The average molecular weight is 306 g/mol. The van der Waals surface area contributed by atoms with Gasteiger partial charge < -0.3 is 20.1 Å². The molecule has 0 saturated carbocycles. The molecule has 2 rings (SSSR count). The highest BCUT2D eigenvalue weighted by atomic mass is 16.5. The lowest BCUT2D eigenvalue weighted by Crippen LogP contribution is -2.50. The second-order valence-electron chi connectivity index (χ2n) is 5.96. The third-order valence-corrected chi connectivity index (χ3v) is 4.43. The summed E-state index contributed by atoms with van der Waals surface area (Å²) in [5.74, 6) is 1.06. The minimum atomic E-state index is -0.430. The Morgan fingerprint density at radius 2 is 2.14 bits per heavy atom. The molecule has 1 fully saturated rings. The summed E-state index contributed by atoms with van der Waals surface area (Å²) in [6.45, 7) is 5.17. The predicted octanol–water partition coefficient (Wildman–Crippen LogP) is 2.56. The maximum Gasteiger partial charge on any atom is 0.317 e. The van der Waals surface area contributed by atoms with E-state index in [0.717, 1.165) is 24.2 Å². The molecule has 1 aromatic carbocycles. The van der Waals surface area contributed by atoms with Crippen LogP contribution in [0.2, 0.25) is 0 Å². The Labute approximate surface area is 132 Å². The Bertz CT molecular complexity index is 489. The summed E-state index contributed by atoms with van der Waals surface area (Å²) in [5, 5.41) is 13.0. The Hall–Kier alpha value is -1.75. The number of ether oxygens (including phenoxy) is 1. The van der Waals surface area contributed by atoms with E-state index in [4.69, 9.17) is 4.74 Å². The van der Waals surface area contributed by atoms with Crippen LogP contribution in [0, 0.1) is 5.92 Å². The zero-order valence-corrected chi connectivity index (χ0v) is 13.6. The predicted molar refractivity (Wildman–Crippen MR) is 85.9 cm³/mol. The highest BCUT2D eigenvalue weighted by Crippen LogP contribution is 2.22. The van der Waals surface area contributed by atoms with Gasteiger partial charge in [-0.15, -0.1) is 0 Å². The largest absolute Gasteiger partial charge is 0.497 e. The van der Waals surface area contributed by atoms with Crippen molar-refractivity contribution in [2.45, 2.75) is 38.8 Å². The van der Waals surface area contributed by atoms with Gasteiger partial charge in [-0.1, -0.05) is 26.0 Å². The van der Waals surface area contributed by atoms with Crippen LogP contribution >= 0.6 is 0 Å². The van der Waals surface area contributed by atoms with Gasteiger partial charge in [0.15, 0.2) is 0 Å². The number of hydrogen-bond acceptors (Lipinski definition) is 3. The fraction of sp³-hybridized carbons (Fsp3) is 0.588. The molecule has 1 aliphatic rings. The van der Waals surface area contributed by atoms with Crippen molar-refractivity contribution in [3.05, 3.63) is 29.8 Å². The number of carbonyl (C=O) groups excluding carboxylic acids is 1. The maximum absolute atomic E-state index is 12.4. The molecule has 5 heteroatoms. The van der Waals surface area contributed by atoms with Crippen molar-refractivity contribution in [3.8, 4) is 5.75 Å². The third-order valence-electron chi connectivity index (χ3n) is 4.43. The molecule has 0 bridgehead atoms. The van der Waals surface area contributed by atoms with Crippen LogP contribution in [0.15, 0.2) is 24.3 Å². The molecule has 0 aromatic heterocycles. The first-order valence-electron chi connectivity index (χ1n) is 7.92. The number of amides is 2. The van der Waals surface area contributed by atoms with Gasteiger partial charge >= 0.3 is 6.03 Å². The van der Waals surface area contributed by atoms with Crippen molar-refractivity contribution < 1.29 is 14.6 Å². The molecule has 0 spiro atoms. The molecule has 1 heterocycles. The van der Waals surface area contributed by atoms with Crippen molar-refractivity contribution >= 4 is 6.03 Å². The molecule has 0 aliphatic carbocycles. The molecule has 3 atom stereocenters. The quantitative estimate of drug-likeness (QED) is 0.898. The third kappa shape index (κ3) is 3.91. The van der Waals surface area contributed by atoms with E-state index in [9.17, 15) is 9.90 Å². The Morgan fingerprint density at radius 1 is 1.45 bits per heavy atom. The van der Waals surface area contributed by atoms with E-state index in [1.54, 1.807) is 12.0 Å². The van der Waals surface area contributed by atoms with Gasteiger partial charge in [-0.05, 0) is 36.5 Å². The van der Waals surface area contributed by atoms with Gasteiger partial charge in [0, 0.05) is 13.1 Å². The van der Waals surface area contributed by atoms with Crippen LogP contribution in [-0.4, -0.2) is 42.3 Å². The molecule has 1 aliphatic heterocycles. The van der Waals surface area contributed by atoms with E-state index in [1.807, 2.05) is 38.1 Å². The summed E-state index contributed by atoms with van der Waals surface area (Å²) in [5.41, 5.74) is 1.06. The number of aliphatic hydroxyl groups excluding tert-OH is 1. The Balaban J connectivity index is 1.98. The summed E-state index contributed by atoms with van der Waals surface area (Å²) in [6.07, 6.45) is 1.22. The molecule has 22 heavy (non-hydrogen) atoms. The first kappa shape index (κ1) is 16.6. The van der Waals surface area contributed by atoms with Gasteiger partial charge in [-0.3, -0.25) is 0 Å². The second kappa shape index (κ2) is 7.49. The first-order chi connectivity index (χ1) is 10.5. The van der Waals surface area contributed by atoms with Gasteiger partial charge in [-0.25, -0.2) is 4.79 Å². The van der Waals surface area contributed by atoms with Gasteiger partial charge in [0.25, 0.3) is 0 Å². The lowest BCUT2D eigenvalue weighted by atomic mass is 9.96. The monoisotopic (exact) mass is 306 g/mol.